The first kappa shape index (κ1) is 20.8. The number of rotatable bonds is 6. The van der Waals surface area contributed by atoms with E-state index in [-0.39, 0.29) is 23.6 Å². The minimum absolute atomic E-state index is 0.0633. The fourth-order valence-corrected chi connectivity index (χ4v) is 3.71. The molecule has 0 unspecified atom stereocenters. The highest BCUT2D eigenvalue weighted by Crippen LogP contribution is 2.21. The molecule has 4 rings (SSSR count). The van der Waals surface area contributed by atoms with E-state index in [1.807, 2.05) is 0 Å². The second-order valence-electron chi connectivity index (χ2n) is 6.29. The van der Waals surface area contributed by atoms with Gasteiger partial charge in [-0.3, -0.25) is 29.8 Å². The molecule has 0 fully saturated rings. The van der Waals surface area contributed by atoms with Crippen molar-refractivity contribution in [3.8, 4) is 0 Å². The quantitative estimate of drug-likeness (QED) is 0.259. The third-order valence-corrected chi connectivity index (χ3v) is 5.38. The van der Waals surface area contributed by atoms with Crippen LogP contribution in [-0.2, 0) is 11.3 Å². The van der Waals surface area contributed by atoms with Gasteiger partial charge in [0.05, 0.1) is 35.7 Å². The number of amides is 2. The summed E-state index contributed by atoms with van der Waals surface area (Å²) in [6.45, 7) is 0.149. The molecule has 2 N–H and O–H groups in total. The van der Waals surface area contributed by atoms with Crippen molar-refractivity contribution in [1.82, 2.24) is 20.4 Å². The molecule has 11 heteroatoms. The standard InChI is InChI=1S/C20H15ClN4O5S/c21-12-5-6-14-15(9-12)22-20(25(19(14)28)10-13-3-1-7-29-13)31-11-17(26)23-24-18(27)16-4-2-8-30-16/h1-9H,10-11H2,(H,23,26)(H,24,27). The summed E-state index contributed by atoms with van der Waals surface area (Å²) in [5, 5.41) is 1.15. The summed E-state index contributed by atoms with van der Waals surface area (Å²) in [6.07, 6.45) is 2.86. The largest absolute Gasteiger partial charge is 0.467 e. The Kier molecular flexibility index (Phi) is 6.10. The first-order chi connectivity index (χ1) is 15.0. The lowest BCUT2D eigenvalue weighted by Crippen LogP contribution is -2.42. The van der Waals surface area contributed by atoms with Crippen LogP contribution in [0.2, 0.25) is 5.02 Å². The number of carbonyl (C=O) groups excluding carboxylic acids is 2. The molecule has 0 saturated heterocycles. The molecule has 0 saturated carbocycles. The van der Waals surface area contributed by atoms with Gasteiger partial charge >= 0.3 is 5.91 Å². The van der Waals surface area contributed by atoms with Crippen molar-refractivity contribution in [2.45, 2.75) is 11.7 Å². The lowest BCUT2D eigenvalue weighted by Gasteiger charge is -2.12. The van der Waals surface area contributed by atoms with E-state index in [1.54, 1.807) is 36.4 Å². The SMILES string of the molecule is O=C(CSc1nc2cc(Cl)ccc2c(=O)n1Cc1ccco1)NNC(=O)c1ccco1. The van der Waals surface area contributed by atoms with Gasteiger partial charge in [-0.1, -0.05) is 23.4 Å². The molecule has 0 aliphatic rings. The number of halogens is 1. The van der Waals surface area contributed by atoms with Gasteiger partial charge in [-0.15, -0.1) is 0 Å². The highest BCUT2D eigenvalue weighted by Gasteiger charge is 2.16. The Hall–Kier alpha value is -3.50. The highest BCUT2D eigenvalue weighted by molar-refractivity contribution is 7.99. The van der Waals surface area contributed by atoms with E-state index in [0.29, 0.717) is 26.8 Å². The van der Waals surface area contributed by atoms with Gasteiger partial charge in [-0.2, -0.15) is 0 Å². The van der Waals surface area contributed by atoms with Crippen molar-refractivity contribution < 1.29 is 18.4 Å². The maximum absolute atomic E-state index is 13.0. The zero-order chi connectivity index (χ0) is 21.8. The number of thioether (sulfide) groups is 1. The predicted molar refractivity (Wildman–Crippen MR) is 114 cm³/mol. The molecule has 3 aromatic heterocycles. The van der Waals surface area contributed by atoms with Crippen LogP contribution in [-0.4, -0.2) is 27.1 Å². The van der Waals surface area contributed by atoms with Gasteiger partial charge in [0.1, 0.15) is 5.76 Å². The van der Waals surface area contributed by atoms with E-state index in [9.17, 15) is 14.4 Å². The lowest BCUT2D eigenvalue weighted by molar-refractivity contribution is -0.119. The van der Waals surface area contributed by atoms with Crippen molar-refractivity contribution in [3.63, 3.8) is 0 Å². The summed E-state index contributed by atoms with van der Waals surface area (Å²) in [6, 6.07) is 11.3. The van der Waals surface area contributed by atoms with Gasteiger partial charge in [0, 0.05) is 5.02 Å². The van der Waals surface area contributed by atoms with E-state index in [0.717, 1.165) is 11.8 Å². The van der Waals surface area contributed by atoms with E-state index in [1.165, 1.54) is 23.2 Å². The predicted octanol–water partition coefficient (Wildman–Crippen LogP) is 2.84. The van der Waals surface area contributed by atoms with Gasteiger partial charge in [0.2, 0.25) is 5.91 Å². The number of carbonyl (C=O) groups is 2. The van der Waals surface area contributed by atoms with Crippen LogP contribution in [0.3, 0.4) is 0 Å². The Morgan fingerprint density at radius 2 is 1.90 bits per heavy atom. The fourth-order valence-electron chi connectivity index (χ4n) is 2.74. The second kappa shape index (κ2) is 9.11. The van der Waals surface area contributed by atoms with E-state index in [4.69, 9.17) is 20.4 Å². The molecule has 9 nitrogen and oxygen atoms in total. The zero-order valence-electron chi connectivity index (χ0n) is 15.8. The third kappa shape index (κ3) is 4.81. The zero-order valence-corrected chi connectivity index (χ0v) is 17.4. The van der Waals surface area contributed by atoms with E-state index >= 15 is 0 Å². The Balaban J connectivity index is 1.53. The van der Waals surface area contributed by atoms with Crippen LogP contribution in [0.25, 0.3) is 10.9 Å². The molecule has 0 bridgehead atoms. The maximum Gasteiger partial charge on any atom is 0.305 e. The van der Waals surface area contributed by atoms with Crippen LogP contribution in [0.4, 0.5) is 0 Å². The molecule has 0 aliphatic carbocycles. The van der Waals surface area contributed by atoms with Crippen LogP contribution in [0.15, 0.2) is 73.8 Å². The summed E-state index contributed by atoms with van der Waals surface area (Å²) < 4.78 is 11.7. The molecule has 0 radical (unpaired) electrons. The van der Waals surface area contributed by atoms with Crippen LogP contribution in [0.1, 0.15) is 16.3 Å². The van der Waals surface area contributed by atoms with Crippen LogP contribution < -0.4 is 16.4 Å². The molecule has 4 aromatic rings. The second-order valence-corrected chi connectivity index (χ2v) is 7.67. The number of furan rings is 2. The smallest absolute Gasteiger partial charge is 0.305 e. The average molecular weight is 459 g/mol. The molecular weight excluding hydrogens is 444 g/mol. The summed E-state index contributed by atoms with van der Waals surface area (Å²) in [5.41, 5.74) is 4.68. The molecule has 31 heavy (non-hydrogen) atoms. The average Bonchev–Trinajstić information content (AvgIpc) is 3.47. The van der Waals surface area contributed by atoms with Gasteiger partial charge in [-0.25, -0.2) is 4.98 Å². The first-order valence-corrected chi connectivity index (χ1v) is 10.4. The van der Waals surface area contributed by atoms with Gasteiger partial charge in [0.15, 0.2) is 10.9 Å². The Morgan fingerprint density at radius 1 is 1.10 bits per heavy atom. The maximum atomic E-state index is 13.0. The first-order valence-electron chi connectivity index (χ1n) is 8.99. The Labute approximate surface area is 184 Å². The van der Waals surface area contributed by atoms with Crippen LogP contribution in [0, 0.1) is 0 Å². The minimum atomic E-state index is -0.587. The molecule has 2 amide bonds. The summed E-state index contributed by atoms with van der Waals surface area (Å²) in [7, 11) is 0. The van der Waals surface area contributed by atoms with Crippen molar-refractivity contribution in [2.75, 3.05) is 5.75 Å². The summed E-state index contributed by atoms with van der Waals surface area (Å²) in [4.78, 5) is 41.6. The van der Waals surface area contributed by atoms with Gasteiger partial charge < -0.3 is 8.83 Å². The number of hydrogen-bond donors (Lipinski definition) is 2. The normalized spacial score (nSPS) is 10.9. The molecule has 0 spiro atoms. The number of hydrazine groups is 1. The number of benzene rings is 1. The summed E-state index contributed by atoms with van der Waals surface area (Å²) in [5.74, 6) is -0.552. The molecule has 3 heterocycles. The summed E-state index contributed by atoms with van der Waals surface area (Å²) >= 11 is 7.08. The number of nitrogens with zero attached hydrogens (tertiary/aromatic N) is 2. The minimum Gasteiger partial charge on any atom is -0.467 e. The third-order valence-electron chi connectivity index (χ3n) is 4.17. The highest BCUT2D eigenvalue weighted by atomic mass is 35.5. The van der Waals surface area contributed by atoms with E-state index < -0.39 is 11.8 Å². The lowest BCUT2D eigenvalue weighted by atomic mass is 10.2. The molecule has 0 aliphatic heterocycles. The monoisotopic (exact) mass is 458 g/mol. The van der Waals surface area contributed by atoms with Crippen molar-refractivity contribution >= 4 is 46.1 Å². The fraction of sp³-hybridized carbons (Fsp3) is 0.100. The number of aromatic nitrogens is 2. The number of nitrogens with one attached hydrogen (secondary N) is 2. The molecule has 1 aromatic carbocycles. The Bertz CT molecular complexity index is 1290. The van der Waals surface area contributed by atoms with Crippen LogP contribution >= 0.6 is 23.4 Å². The Morgan fingerprint density at radius 3 is 2.65 bits per heavy atom. The molecule has 158 valence electrons. The number of fused-ring (bicyclic) bond motifs is 1. The van der Waals surface area contributed by atoms with Crippen molar-refractivity contribution in [3.05, 3.63) is 81.9 Å². The van der Waals surface area contributed by atoms with Gasteiger partial charge in [-0.05, 0) is 42.5 Å². The van der Waals surface area contributed by atoms with Crippen molar-refractivity contribution in [2.24, 2.45) is 0 Å². The topological polar surface area (TPSA) is 119 Å². The number of hydrogen-bond acceptors (Lipinski definition) is 7. The molecule has 0 atom stereocenters. The van der Waals surface area contributed by atoms with Crippen LogP contribution in [0.5, 0.6) is 0 Å². The molecular formula is C20H15ClN4O5S. The van der Waals surface area contributed by atoms with Crippen molar-refractivity contribution in [1.29, 1.82) is 0 Å². The van der Waals surface area contributed by atoms with Gasteiger partial charge in [0.25, 0.3) is 5.56 Å². The van der Waals surface area contributed by atoms with E-state index in [2.05, 4.69) is 15.8 Å².